The third-order valence-corrected chi connectivity index (χ3v) is 6.67. The number of nitrogen functional groups attached to an aromatic ring is 1. The molecule has 3 aromatic carbocycles. The Balaban J connectivity index is 1.22. The van der Waals surface area contributed by atoms with Crippen molar-refractivity contribution in [1.82, 2.24) is 4.90 Å². The summed E-state index contributed by atoms with van der Waals surface area (Å²) in [4.78, 5) is 4.66. The second kappa shape index (κ2) is 10.9. The lowest BCUT2D eigenvalue weighted by molar-refractivity contribution is 0.0660. The summed E-state index contributed by atoms with van der Waals surface area (Å²) in [6.07, 6.45) is 0.249. The van der Waals surface area contributed by atoms with Crippen LogP contribution in [0.1, 0.15) is 22.3 Å². The largest absolute Gasteiger partial charge is 0.491 e. The van der Waals surface area contributed by atoms with Crippen LogP contribution in [-0.4, -0.2) is 55.4 Å². The van der Waals surface area contributed by atoms with E-state index in [1.807, 2.05) is 38.1 Å². The molecular formula is C28H34FN3O2. The lowest BCUT2D eigenvalue weighted by atomic mass is 10.0. The molecule has 0 aromatic heterocycles. The smallest absolute Gasteiger partial charge is 0.123 e. The highest BCUT2D eigenvalue weighted by molar-refractivity contribution is 5.55. The third kappa shape index (κ3) is 6.07. The van der Waals surface area contributed by atoms with E-state index in [2.05, 4.69) is 34.1 Å². The number of anilines is 2. The maximum atomic E-state index is 13.1. The van der Waals surface area contributed by atoms with Crippen LogP contribution in [0.4, 0.5) is 15.8 Å². The summed E-state index contributed by atoms with van der Waals surface area (Å²) in [6.45, 7) is 8.46. The summed E-state index contributed by atoms with van der Waals surface area (Å²) < 4.78 is 19.0. The van der Waals surface area contributed by atoms with Crippen molar-refractivity contribution in [2.45, 2.75) is 26.4 Å². The Kier molecular flexibility index (Phi) is 7.70. The van der Waals surface area contributed by atoms with Gasteiger partial charge in [0.2, 0.25) is 0 Å². The minimum absolute atomic E-state index is 0.203. The number of benzene rings is 3. The SMILES string of the molecule is Cc1c(N)ccc(OCC(O)CN2CCN(c3ccc(Cc4ccc(F)cc4)cc3)CC2)c1C. The number of β-amino-alcohol motifs (C(OH)–C–C–N with tert-alkyl or cyclic N) is 1. The number of nitrogens with zero attached hydrogens (tertiary/aromatic N) is 2. The standard InChI is InChI=1S/C28H34FN3O2/c1-20-21(2)28(12-11-27(20)30)34-19-26(33)18-31-13-15-32(16-14-31)25-9-5-23(6-10-25)17-22-3-7-24(29)8-4-22/h3-12,26,33H,13-19,30H2,1-2H3. The van der Waals surface area contributed by atoms with E-state index in [0.29, 0.717) is 6.54 Å². The van der Waals surface area contributed by atoms with Gasteiger partial charge < -0.3 is 20.5 Å². The van der Waals surface area contributed by atoms with Crippen LogP contribution in [0.3, 0.4) is 0 Å². The fourth-order valence-corrected chi connectivity index (χ4v) is 4.36. The third-order valence-electron chi connectivity index (χ3n) is 6.67. The number of nitrogens with two attached hydrogens (primary N) is 1. The molecule has 0 spiro atoms. The van der Waals surface area contributed by atoms with Crippen molar-refractivity contribution in [3.63, 3.8) is 0 Å². The van der Waals surface area contributed by atoms with Crippen LogP contribution in [0, 0.1) is 19.7 Å². The summed E-state index contributed by atoms with van der Waals surface area (Å²) in [6, 6.07) is 19.0. The average molecular weight is 464 g/mol. The van der Waals surface area contributed by atoms with Crippen molar-refractivity contribution >= 4 is 11.4 Å². The van der Waals surface area contributed by atoms with Gasteiger partial charge in [0.1, 0.15) is 24.3 Å². The number of hydrogen-bond acceptors (Lipinski definition) is 5. The monoisotopic (exact) mass is 463 g/mol. The van der Waals surface area contributed by atoms with Gasteiger partial charge in [0, 0.05) is 44.1 Å². The van der Waals surface area contributed by atoms with Crippen molar-refractivity contribution in [2.24, 2.45) is 0 Å². The molecule has 34 heavy (non-hydrogen) atoms. The Labute approximate surface area is 201 Å². The van der Waals surface area contributed by atoms with Crippen LogP contribution in [0.2, 0.25) is 0 Å². The molecule has 1 atom stereocenters. The van der Waals surface area contributed by atoms with Gasteiger partial charge in [0.05, 0.1) is 0 Å². The zero-order valence-electron chi connectivity index (χ0n) is 20.0. The Bertz CT molecular complexity index is 1080. The highest BCUT2D eigenvalue weighted by Gasteiger charge is 2.20. The summed E-state index contributed by atoms with van der Waals surface area (Å²) in [5.74, 6) is 0.573. The molecule has 0 bridgehead atoms. The molecule has 6 heteroatoms. The van der Waals surface area contributed by atoms with Gasteiger partial charge in [0.25, 0.3) is 0 Å². The van der Waals surface area contributed by atoms with E-state index in [1.54, 1.807) is 0 Å². The zero-order chi connectivity index (χ0) is 24.1. The Morgan fingerprint density at radius 1 is 0.882 bits per heavy atom. The Morgan fingerprint density at radius 3 is 2.15 bits per heavy atom. The number of aliphatic hydroxyl groups is 1. The Hall–Kier alpha value is -3.09. The number of rotatable bonds is 8. The van der Waals surface area contributed by atoms with Crippen molar-refractivity contribution in [3.05, 3.63) is 88.7 Å². The molecule has 1 unspecified atom stereocenters. The first-order valence-corrected chi connectivity index (χ1v) is 11.9. The van der Waals surface area contributed by atoms with Crippen molar-refractivity contribution in [2.75, 3.05) is 50.0 Å². The van der Waals surface area contributed by atoms with E-state index >= 15 is 0 Å². The number of halogens is 1. The van der Waals surface area contributed by atoms with E-state index in [0.717, 1.165) is 60.7 Å². The van der Waals surface area contributed by atoms with E-state index in [-0.39, 0.29) is 12.4 Å². The average Bonchev–Trinajstić information content (AvgIpc) is 2.84. The van der Waals surface area contributed by atoms with Crippen molar-refractivity contribution in [3.8, 4) is 5.75 Å². The number of piperazine rings is 1. The summed E-state index contributed by atoms with van der Waals surface area (Å²) in [5.41, 5.74) is 12.3. The minimum atomic E-state index is -0.547. The first-order chi connectivity index (χ1) is 16.4. The molecule has 180 valence electrons. The van der Waals surface area contributed by atoms with Crippen LogP contribution in [0.5, 0.6) is 5.75 Å². The van der Waals surface area contributed by atoms with Crippen LogP contribution in [0.25, 0.3) is 0 Å². The predicted molar refractivity (Wildman–Crippen MR) is 136 cm³/mol. The molecule has 1 fully saturated rings. The number of ether oxygens (including phenoxy) is 1. The van der Waals surface area contributed by atoms with Gasteiger partial charge in [-0.1, -0.05) is 24.3 Å². The van der Waals surface area contributed by atoms with Crippen molar-refractivity contribution < 1.29 is 14.2 Å². The molecule has 5 nitrogen and oxygen atoms in total. The topological polar surface area (TPSA) is 62.0 Å². The molecule has 3 N–H and O–H groups in total. The minimum Gasteiger partial charge on any atom is -0.491 e. The van der Waals surface area contributed by atoms with Gasteiger partial charge in [-0.05, 0) is 78.9 Å². The fraction of sp³-hybridized carbons (Fsp3) is 0.357. The van der Waals surface area contributed by atoms with Crippen LogP contribution in [0.15, 0.2) is 60.7 Å². The quantitative estimate of drug-likeness (QED) is 0.491. The molecule has 0 amide bonds. The highest BCUT2D eigenvalue weighted by Crippen LogP contribution is 2.26. The number of aliphatic hydroxyl groups excluding tert-OH is 1. The lowest BCUT2D eigenvalue weighted by Gasteiger charge is -2.37. The highest BCUT2D eigenvalue weighted by atomic mass is 19.1. The van der Waals surface area contributed by atoms with E-state index in [4.69, 9.17) is 10.5 Å². The van der Waals surface area contributed by atoms with Gasteiger partial charge in [0.15, 0.2) is 0 Å². The van der Waals surface area contributed by atoms with E-state index in [1.165, 1.54) is 23.4 Å². The molecule has 1 aliphatic heterocycles. The van der Waals surface area contributed by atoms with E-state index < -0.39 is 6.10 Å². The maximum absolute atomic E-state index is 13.1. The molecule has 1 saturated heterocycles. The molecule has 0 radical (unpaired) electrons. The first kappa shape index (κ1) is 24.0. The zero-order valence-corrected chi connectivity index (χ0v) is 20.0. The van der Waals surface area contributed by atoms with Crippen LogP contribution in [-0.2, 0) is 6.42 Å². The summed E-state index contributed by atoms with van der Waals surface area (Å²) >= 11 is 0. The second-order valence-corrected chi connectivity index (χ2v) is 9.13. The molecular weight excluding hydrogens is 429 g/mol. The predicted octanol–water partition coefficient (Wildman–Crippen LogP) is 4.18. The van der Waals surface area contributed by atoms with Crippen LogP contribution >= 0.6 is 0 Å². The molecule has 0 saturated carbocycles. The molecule has 0 aliphatic carbocycles. The van der Waals surface area contributed by atoms with Crippen LogP contribution < -0.4 is 15.4 Å². The van der Waals surface area contributed by atoms with Gasteiger partial charge in [-0.3, -0.25) is 4.90 Å². The molecule has 3 aromatic rings. The lowest BCUT2D eigenvalue weighted by Crippen LogP contribution is -2.49. The van der Waals surface area contributed by atoms with Gasteiger partial charge in [-0.15, -0.1) is 0 Å². The van der Waals surface area contributed by atoms with Gasteiger partial charge >= 0.3 is 0 Å². The van der Waals surface area contributed by atoms with Gasteiger partial charge in [-0.2, -0.15) is 0 Å². The fourth-order valence-electron chi connectivity index (χ4n) is 4.36. The summed E-state index contributed by atoms with van der Waals surface area (Å²) in [5, 5.41) is 10.5. The summed E-state index contributed by atoms with van der Waals surface area (Å²) in [7, 11) is 0. The second-order valence-electron chi connectivity index (χ2n) is 9.13. The molecule has 4 rings (SSSR count). The van der Waals surface area contributed by atoms with E-state index in [9.17, 15) is 9.50 Å². The number of hydrogen-bond donors (Lipinski definition) is 2. The van der Waals surface area contributed by atoms with Crippen molar-refractivity contribution in [1.29, 1.82) is 0 Å². The normalized spacial score (nSPS) is 15.4. The molecule has 1 aliphatic rings. The first-order valence-electron chi connectivity index (χ1n) is 11.9. The Morgan fingerprint density at radius 2 is 1.50 bits per heavy atom. The molecule has 1 heterocycles. The maximum Gasteiger partial charge on any atom is 0.123 e. The van der Waals surface area contributed by atoms with Gasteiger partial charge in [-0.25, -0.2) is 4.39 Å².